The third-order valence-corrected chi connectivity index (χ3v) is 4.79. The second-order valence-electron chi connectivity index (χ2n) is 5.83. The van der Waals surface area contributed by atoms with E-state index >= 15 is 0 Å². The molecule has 9 heteroatoms. The van der Waals surface area contributed by atoms with Crippen molar-refractivity contribution >= 4 is 40.6 Å². The highest BCUT2D eigenvalue weighted by atomic mass is 32.2. The number of rotatable bonds is 6. The summed E-state index contributed by atoms with van der Waals surface area (Å²) < 4.78 is 10.8. The van der Waals surface area contributed by atoms with Gasteiger partial charge >= 0.3 is 5.97 Å². The number of carbonyl (C=O) groups is 2. The van der Waals surface area contributed by atoms with Crippen LogP contribution >= 0.6 is 11.8 Å². The Morgan fingerprint density at radius 2 is 2.03 bits per heavy atom. The second kappa shape index (κ2) is 8.70. The van der Waals surface area contributed by atoms with E-state index in [2.05, 4.69) is 10.3 Å². The monoisotopic (exact) mass is 414 g/mol. The number of carbonyl (C=O) groups excluding carboxylic acids is 1. The van der Waals surface area contributed by atoms with Crippen LogP contribution in [0.2, 0.25) is 0 Å². The van der Waals surface area contributed by atoms with Crippen molar-refractivity contribution in [3.63, 3.8) is 0 Å². The number of aromatic hydroxyl groups is 1. The van der Waals surface area contributed by atoms with Gasteiger partial charge in [0.2, 0.25) is 0 Å². The van der Waals surface area contributed by atoms with Crippen molar-refractivity contribution in [2.24, 2.45) is 4.99 Å². The molecule has 0 aliphatic carbocycles. The Balaban J connectivity index is 1.82. The van der Waals surface area contributed by atoms with Crippen LogP contribution in [0.4, 0.5) is 5.69 Å². The van der Waals surface area contributed by atoms with Crippen molar-refractivity contribution in [3.05, 3.63) is 52.4 Å². The van der Waals surface area contributed by atoms with Gasteiger partial charge in [-0.15, -0.1) is 0 Å². The van der Waals surface area contributed by atoms with Crippen molar-refractivity contribution in [2.75, 3.05) is 13.7 Å². The van der Waals surface area contributed by atoms with Gasteiger partial charge < -0.3 is 25.0 Å². The molecule has 0 radical (unpaired) electrons. The number of carboxylic acid groups (broad SMARTS) is 1. The van der Waals surface area contributed by atoms with E-state index in [0.29, 0.717) is 33.9 Å². The average Bonchev–Trinajstić information content (AvgIpc) is 3.01. The highest BCUT2D eigenvalue weighted by molar-refractivity contribution is 8.18. The summed E-state index contributed by atoms with van der Waals surface area (Å²) in [5.41, 5.74) is 0.856. The summed E-state index contributed by atoms with van der Waals surface area (Å²) in [7, 11) is 1.54. The Morgan fingerprint density at radius 1 is 1.24 bits per heavy atom. The van der Waals surface area contributed by atoms with E-state index in [0.717, 1.165) is 17.3 Å². The van der Waals surface area contributed by atoms with Gasteiger partial charge in [0.1, 0.15) is 11.3 Å². The molecule has 150 valence electrons. The molecule has 0 aromatic heterocycles. The molecule has 0 atom stereocenters. The normalized spacial score (nSPS) is 16.1. The third kappa shape index (κ3) is 4.69. The van der Waals surface area contributed by atoms with E-state index in [1.165, 1.54) is 18.2 Å². The first-order chi connectivity index (χ1) is 13.9. The van der Waals surface area contributed by atoms with Crippen LogP contribution in [0.3, 0.4) is 0 Å². The zero-order valence-electron chi connectivity index (χ0n) is 15.6. The van der Waals surface area contributed by atoms with Crippen LogP contribution in [-0.2, 0) is 4.79 Å². The summed E-state index contributed by atoms with van der Waals surface area (Å²) in [6, 6.07) is 9.27. The van der Waals surface area contributed by atoms with Crippen molar-refractivity contribution < 1.29 is 29.3 Å². The van der Waals surface area contributed by atoms with Crippen LogP contribution in [0.1, 0.15) is 22.8 Å². The maximum atomic E-state index is 12.2. The van der Waals surface area contributed by atoms with Gasteiger partial charge in [-0.3, -0.25) is 4.79 Å². The van der Waals surface area contributed by atoms with Gasteiger partial charge in [0.25, 0.3) is 5.91 Å². The molecule has 0 spiro atoms. The molecule has 1 amide bonds. The van der Waals surface area contributed by atoms with Crippen LogP contribution in [0.5, 0.6) is 17.2 Å². The number of amides is 1. The number of aliphatic imine (C=N–C) groups is 1. The molecule has 29 heavy (non-hydrogen) atoms. The van der Waals surface area contributed by atoms with Crippen molar-refractivity contribution in [2.45, 2.75) is 6.92 Å². The maximum Gasteiger partial charge on any atom is 0.339 e. The van der Waals surface area contributed by atoms with Gasteiger partial charge in [-0.1, -0.05) is 6.07 Å². The maximum absolute atomic E-state index is 12.2. The van der Waals surface area contributed by atoms with Gasteiger partial charge in [0.05, 0.1) is 24.3 Å². The number of phenols is 1. The molecule has 3 N–H and O–H groups in total. The summed E-state index contributed by atoms with van der Waals surface area (Å²) in [6.45, 7) is 2.39. The molecule has 1 heterocycles. The van der Waals surface area contributed by atoms with Gasteiger partial charge in [-0.25, -0.2) is 9.79 Å². The van der Waals surface area contributed by atoms with Crippen LogP contribution in [-0.4, -0.2) is 41.0 Å². The predicted molar refractivity (Wildman–Crippen MR) is 110 cm³/mol. The number of amidine groups is 1. The third-order valence-electron chi connectivity index (χ3n) is 3.88. The molecule has 1 aliphatic heterocycles. The fraction of sp³-hybridized carbons (Fsp3) is 0.150. The minimum Gasteiger partial charge on any atom is -0.507 e. The molecule has 8 nitrogen and oxygen atoms in total. The number of aromatic carboxylic acids is 1. The number of carboxylic acids is 1. The first kappa shape index (κ1) is 20.3. The summed E-state index contributed by atoms with van der Waals surface area (Å²) in [4.78, 5) is 27.9. The highest BCUT2D eigenvalue weighted by Crippen LogP contribution is 2.33. The molecule has 2 aromatic rings. The van der Waals surface area contributed by atoms with E-state index < -0.39 is 11.7 Å². The number of nitrogens with one attached hydrogen (secondary N) is 1. The van der Waals surface area contributed by atoms with E-state index in [1.807, 2.05) is 13.0 Å². The van der Waals surface area contributed by atoms with Crippen molar-refractivity contribution in [1.82, 2.24) is 5.32 Å². The summed E-state index contributed by atoms with van der Waals surface area (Å²) in [5, 5.41) is 21.7. The Morgan fingerprint density at radius 3 is 2.69 bits per heavy atom. The molecule has 3 rings (SSSR count). The number of nitrogens with zero attached hydrogens (tertiary/aromatic N) is 1. The number of benzene rings is 2. The molecule has 0 unspecified atom stereocenters. The van der Waals surface area contributed by atoms with Crippen LogP contribution in [0.25, 0.3) is 6.08 Å². The van der Waals surface area contributed by atoms with Gasteiger partial charge in [0.15, 0.2) is 16.7 Å². The van der Waals surface area contributed by atoms with Gasteiger partial charge in [0, 0.05) is 6.07 Å². The first-order valence-corrected chi connectivity index (χ1v) is 9.39. The summed E-state index contributed by atoms with van der Waals surface area (Å²) in [5.74, 6) is -0.764. The zero-order valence-corrected chi connectivity index (χ0v) is 16.4. The van der Waals surface area contributed by atoms with E-state index in [1.54, 1.807) is 25.3 Å². The number of thioether (sulfide) groups is 1. The number of hydrogen-bond acceptors (Lipinski definition) is 7. The predicted octanol–water partition coefficient (Wildman–Crippen LogP) is 3.39. The van der Waals surface area contributed by atoms with Gasteiger partial charge in [-0.2, -0.15) is 0 Å². The van der Waals surface area contributed by atoms with Crippen LogP contribution in [0.15, 0.2) is 46.3 Å². The molecule has 2 aromatic carbocycles. The summed E-state index contributed by atoms with van der Waals surface area (Å²) >= 11 is 1.13. The lowest BCUT2D eigenvalue weighted by molar-refractivity contribution is -0.115. The smallest absolute Gasteiger partial charge is 0.339 e. The Bertz CT molecular complexity index is 1030. The van der Waals surface area contributed by atoms with Gasteiger partial charge in [-0.05, 0) is 54.6 Å². The van der Waals surface area contributed by atoms with Crippen LogP contribution in [0, 0.1) is 0 Å². The average molecular weight is 414 g/mol. The Kier molecular flexibility index (Phi) is 6.08. The quantitative estimate of drug-likeness (QED) is 0.620. The molecule has 0 saturated carbocycles. The zero-order chi connectivity index (χ0) is 21.0. The number of methoxy groups -OCH3 is 1. The minimum absolute atomic E-state index is 0.220. The van der Waals surface area contributed by atoms with Crippen molar-refractivity contribution in [1.29, 1.82) is 0 Å². The lowest BCUT2D eigenvalue weighted by Crippen LogP contribution is -2.19. The largest absolute Gasteiger partial charge is 0.507 e. The fourth-order valence-corrected chi connectivity index (χ4v) is 3.41. The number of hydrogen-bond donors (Lipinski definition) is 3. The lowest BCUT2D eigenvalue weighted by atomic mass is 10.2. The highest BCUT2D eigenvalue weighted by Gasteiger charge is 2.24. The SMILES string of the molecule is CCOc1ccc(/C=C2\SC(=Nc3ccc(C(=O)O)c(O)c3)NC2=O)cc1OC. The van der Waals surface area contributed by atoms with E-state index in [4.69, 9.17) is 14.6 Å². The first-order valence-electron chi connectivity index (χ1n) is 8.58. The molecule has 1 aliphatic rings. The summed E-state index contributed by atoms with van der Waals surface area (Å²) in [6.07, 6.45) is 1.70. The minimum atomic E-state index is -1.23. The topological polar surface area (TPSA) is 117 Å². The second-order valence-corrected chi connectivity index (χ2v) is 6.86. The van der Waals surface area contributed by atoms with E-state index in [9.17, 15) is 14.7 Å². The number of ether oxygens (including phenoxy) is 2. The lowest BCUT2D eigenvalue weighted by Gasteiger charge is -2.09. The Hall–Kier alpha value is -3.46. The molecular weight excluding hydrogens is 396 g/mol. The molecule has 1 saturated heterocycles. The molecular formula is C20H18N2O6S. The van der Waals surface area contributed by atoms with Crippen molar-refractivity contribution in [3.8, 4) is 17.2 Å². The standard InChI is InChI=1S/C20H18N2O6S/c1-3-28-15-7-4-11(8-16(15)27-2)9-17-18(24)22-20(29-17)21-12-5-6-13(19(25)26)14(23)10-12/h4-10,23H,3H2,1-2H3,(H,25,26)(H,21,22,24)/b17-9-. The fourth-order valence-electron chi connectivity index (χ4n) is 2.57. The molecule has 0 bridgehead atoms. The Labute approximate surface area is 170 Å². The van der Waals surface area contributed by atoms with Crippen LogP contribution < -0.4 is 14.8 Å². The van der Waals surface area contributed by atoms with E-state index in [-0.39, 0.29) is 11.5 Å². The molecule has 1 fully saturated rings.